The highest BCUT2D eigenvalue weighted by Crippen LogP contribution is 2.56. The molecule has 0 spiro atoms. The molecule has 5 atom stereocenters. The maximum absolute atomic E-state index is 12.9. The molecule has 0 N–H and O–H groups in total. The second-order valence-electron chi connectivity index (χ2n) is 10.4. The van der Waals surface area contributed by atoms with Crippen LogP contribution in [-0.2, 0) is 9.53 Å². The molecular formula is C26H36N2O3. The predicted octanol–water partition coefficient (Wildman–Crippen LogP) is 4.13. The number of hydrogen-bond donors (Lipinski definition) is 0. The fourth-order valence-electron chi connectivity index (χ4n) is 6.74. The Kier molecular flexibility index (Phi) is 5.49. The third-order valence-corrected chi connectivity index (χ3v) is 8.57. The van der Waals surface area contributed by atoms with Crippen LogP contribution in [0.5, 0.6) is 5.75 Å². The third kappa shape index (κ3) is 3.86. The molecule has 2 aliphatic carbocycles. The third-order valence-electron chi connectivity index (χ3n) is 8.57. The van der Waals surface area contributed by atoms with Crippen molar-refractivity contribution >= 4 is 11.7 Å². The summed E-state index contributed by atoms with van der Waals surface area (Å²) < 4.78 is 11.3. The summed E-state index contributed by atoms with van der Waals surface area (Å²) in [7, 11) is 1.71. The second-order valence-corrected chi connectivity index (χ2v) is 10.4. The van der Waals surface area contributed by atoms with Gasteiger partial charge in [0, 0.05) is 50.4 Å². The van der Waals surface area contributed by atoms with Crippen molar-refractivity contribution in [1.29, 1.82) is 0 Å². The summed E-state index contributed by atoms with van der Waals surface area (Å²) in [6.45, 7) is 11.6. The summed E-state index contributed by atoms with van der Waals surface area (Å²) in [5.74, 6) is 1.88. The number of benzene rings is 1. The number of carbonyl (C=O) groups is 1. The average molecular weight is 425 g/mol. The molecule has 4 fully saturated rings. The molecule has 5 nitrogen and oxygen atoms in total. The molecule has 2 saturated heterocycles. The summed E-state index contributed by atoms with van der Waals surface area (Å²) in [6.07, 6.45) is 5.85. The summed E-state index contributed by atoms with van der Waals surface area (Å²) in [6, 6.07) is 8.28. The number of carbonyl (C=O) groups excluding carboxylic acids is 1. The van der Waals surface area contributed by atoms with Crippen molar-refractivity contribution in [3.05, 3.63) is 36.4 Å². The number of methoxy groups -OCH3 is 1. The van der Waals surface area contributed by atoms with Gasteiger partial charge in [-0.15, -0.1) is 0 Å². The Labute approximate surface area is 186 Å². The van der Waals surface area contributed by atoms with Crippen LogP contribution in [0, 0.1) is 23.2 Å². The number of fused-ring (bicyclic) bond motifs is 2. The zero-order chi connectivity index (χ0) is 21.6. The number of hydrogen-bond acceptors (Lipinski definition) is 5. The normalized spacial score (nSPS) is 36.0. The van der Waals surface area contributed by atoms with E-state index in [1.807, 2.05) is 12.1 Å². The molecule has 168 valence electrons. The summed E-state index contributed by atoms with van der Waals surface area (Å²) in [4.78, 5) is 17.7. The van der Waals surface area contributed by atoms with Crippen molar-refractivity contribution in [3.63, 3.8) is 0 Å². The van der Waals surface area contributed by atoms with Gasteiger partial charge >= 0.3 is 5.97 Å². The number of nitrogens with zero attached hydrogens (tertiary/aromatic N) is 2. The van der Waals surface area contributed by atoms with E-state index in [1.54, 1.807) is 7.11 Å². The van der Waals surface area contributed by atoms with Crippen molar-refractivity contribution in [1.82, 2.24) is 4.90 Å². The molecule has 1 aromatic rings. The number of anilines is 1. The van der Waals surface area contributed by atoms with Gasteiger partial charge in [-0.3, -0.25) is 9.69 Å². The minimum absolute atomic E-state index is 0.0210. The van der Waals surface area contributed by atoms with Gasteiger partial charge in [0.2, 0.25) is 0 Å². The highest BCUT2D eigenvalue weighted by atomic mass is 16.6. The van der Waals surface area contributed by atoms with Gasteiger partial charge in [0.15, 0.2) is 0 Å². The molecule has 0 unspecified atom stereocenters. The van der Waals surface area contributed by atoms with Gasteiger partial charge in [-0.1, -0.05) is 25.1 Å². The van der Waals surface area contributed by atoms with Gasteiger partial charge < -0.3 is 14.4 Å². The van der Waals surface area contributed by atoms with Crippen molar-refractivity contribution in [3.8, 4) is 5.75 Å². The van der Waals surface area contributed by atoms with Gasteiger partial charge in [0.05, 0.1) is 13.0 Å². The molecule has 0 radical (unpaired) electrons. The molecular weight excluding hydrogens is 388 g/mol. The molecule has 5 rings (SSSR count). The Balaban J connectivity index is 1.22. The van der Waals surface area contributed by atoms with Crippen LogP contribution in [0.25, 0.3) is 0 Å². The first-order valence-electron chi connectivity index (χ1n) is 12.0. The number of rotatable bonds is 4. The minimum Gasteiger partial charge on any atom is -0.497 e. The second kappa shape index (κ2) is 8.16. The topological polar surface area (TPSA) is 42.0 Å². The minimum atomic E-state index is 0.0210. The van der Waals surface area contributed by atoms with E-state index in [0.29, 0.717) is 11.8 Å². The van der Waals surface area contributed by atoms with Crippen LogP contribution in [0.1, 0.15) is 39.0 Å². The van der Waals surface area contributed by atoms with Crippen LogP contribution < -0.4 is 9.64 Å². The average Bonchev–Trinajstić information content (AvgIpc) is 3.06. The van der Waals surface area contributed by atoms with Crippen molar-refractivity contribution in [2.45, 2.75) is 45.1 Å². The monoisotopic (exact) mass is 424 g/mol. The van der Waals surface area contributed by atoms with Crippen molar-refractivity contribution in [2.75, 3.05) is 44.7 Å². The molecule has 2 saturated carbocycles. The summed E-state index contributed by atoms with van der Waals surface area (Å²) >= 11 is 0. The maximum atomic E-state index is 12.9. The smallest absolute Gasteiger partial charge is 0.310 e. The van der Waals surface area contributed by atoms with Gasteiger partial charge in [0.1, 0.15) is 11.9 Å². The first-order chi connectivity index (χ1) is 15.0. The van der Waals surface area contributed by atoms with Crippen LogP contribution in [-0.4, -0.2) is 56.8 Å². The van der Waals surface area contributed by atoms with Crippen LogP contribution in [0.15, 0.2) is 36.4 Å². The standard InChI is InChI=1S/C26H36N2O3/c1-18-6-5-9-26(2)16-24-21(15-23(18)26)22(25(29)31-24)17-27-10-12-28(13-11-27)19-7-4-8-20(14-19)30-3/h4,7-8,14,21-24H,1,5-6,9-13,15-17H2,2-3H3/t21-,22+,23-,24-,26-/m1/s1. The number of esters is 1. The lowest BCUT2D eigenvalue weighted by molar-refractivity contribution is -0.146. The number of allylic oxidation sites excluding steroid dienone is 1. The van der Waals surface area contributed by atoms with E-state index < -0.39 is 0 Å². The fraction of sp³-hybridized carbons (Fsp3) is 0.654. The quantitative estimate of drug-likeness (QED) is 0.537. The Hall–Kier alpha value is -2.01. The Morgan fingerprint density at radius 3 is 2.84 bits per heavy atom. The molecule has 5 heteroatoms. The largest absolute Gasteiger partial charge is 0.497 e. The van der Waals surface area contributed by atoms with Gasteiger partial charge in [0.25, 0.3) is 0 Å². The molecule has 1 aromatic carbocycles. The molecule has 0 amide bonds. The Morgan fingerprint density at radius 2 is 2.06 bits per heavy atom. The van der Waals surface area contributed by atoms with Crippen LogP contribution in [0.3, 0.4) is 0 Å². The molecule has 0 aromatic heterocycles. The lowest BCUT2D eigenvalue weighted by atomic mass is 9.55. The Morgan fingerprint density at radius 1 is 1.26 bits per heavy atom. The molecule has 0 bridgehead atoms. The molecule has 31 heavy (non-hydrogen) atoms. The van der Waals surface area contributed by atoms with Crippen molar-refractivity contribution in [2.24, 2.45) is 23.2 Å². The molecule has 4 aliphatic rings. The number of piperazine rings is 1. The SMILES string of the molecule is C=C1CCC[C@]2(C)C[C@H]3OC(=O)[C@@H](CN4CCN(c5cccc(OC)c5)CC4)[C@H]3C[C@H]12. The van der Waals surface area contributed by atoms with E-state index in [0.717, 1.165) is 57.7 Å². The van der Waals surface area contributed by atoms with E-state index >= 15 is 0 Å². The van der Waals surface area contributed by atoms with E-state index in [2.05, 4.69) is 35.4 Å². The van der Waals surface area contributed by atoms with Gasteiger partial charge in [-0.25, -0.2) is 0 Å². The summed E-state index contributed by atoms with van der Waals surface area (Å²) in [5.41, 5.74) is 2.90. The van der Waals surface area contributed by atoms with Gasteiger partial charge in [-0.2, -0.15) is 0 Å². The maximum Gasteiger partial charge on any atom is 0.310 e. The van der Waals surface area contributed by atoms with E-state index in [9.17, 15) is 4.79 Å². The highest BCUT2D eigenvalue weighted by Gasteiger charge is 2.55. The van der Waals surface area contributed by atoms with Crippen LogP contribution in [0.2, 0.25) is 0 Å². The zero-order valence-electron chi connectivity index (χ0n) is 19.0. The van der Waals surface area contributed by atoms with Crippen LogP contribution in [0.4, 0.5) is 5.69 Å². The van der Waals surface area contributed by atoms with E-state index in [-0.39, 0.29) is 23.4 Å². The highest BCUT2D eigenvalue weighted by molar-refractivity contribution is 5.75. The Bertz CT molecular complexity index is 847. The van der Waals surface area contributed by atoms with Crippen LogP contribution >= 0.6 is 0 Å². The fourth-order valence-corrected chi connectivity index (χ4v) is 6.74. The zero-order valence-corrected chi connectivity index (χ0v) is 19.0. The molecule has 2 heterocycles. The van der Waals surface area contributed by atoms with Gasteiger partial charge in [-0.05, 0) is 55.6 Å². The lowest BCUT2D eigenvalue weighted by Gasteiger charge is -2.50. The lowest BCUT2D eigenvalue weighted by Crippen LogP contribution is -2.50. The van der Waals surface area contributed by atoms with E-state index in [1.165, 1.54) is 24.1 Å². The first kappa shape index (κ1) is 20.9. The number of ether oxygens (including phenoxy) is 2. The first-order valence-corrected chi connectivity index (χ1v) is 12.0. The van der Waals surface area contributed by atoms with E-state index in [4.69, 9.17) is 9.47 Å². The van der Waals surface area contributed by atoms with Crippen molar-refractivity contribution < 1.29 is 14.3 Å². The predicted molar refractivity (Wildman–Crippen MR) is 122 cm³/mol. The summed E-state index contributed by atoms with van der Waals surface area (Å²) in [5, 5.41) is 0. The molecule has 2 aliphatic heterocycles.